The summed E-state index contributed by atoms with van der Waals surface area (Å²) in [6, 6.07) is 0. The third-order valence-corrected chi connectivity index (χ3v) is 3.03. The van der Waals surface area contributed by atoms with Gasteiger partial charge < -0.3 is 15.7 Å². The van der Waals surface area contributed by atoms with E-state index in [1.807, 2.05) is 14.0 Å². The third-order valence-electron chi connectivity index (χ3n) is 3.03. The van der Waals surface area contributed by atoms with Crippen LogP contribution in [0.15, 0.2) is 0 Å². The zero-order valence-corrected chi connectivity index (χ0v) is 11.5. The number of hydrogen-bond donors (Lipinski definition) is 3. The molecule has 0 unspecified atom stereocenters. The van der Waals surface area contributed by atoms with Crippen molar-refractivity contribution in [2.45, 2.75) is 45.1 Å². The fraction of sp³-hybridized carbons (Fsp3) is 0.692. The van der Waals surface area contributed by atoms with Crippen LogP contribution in [0.5, 0.6) is 0 Å². The van der Waals surface area contributed by atoms with Gasteiger partial charge in [0, 0.05) is 25.1 Å². The van der Waals surface area contributed by atoms with E-state index in [-0.39, 0.29) is 0 Å². The Morgan fingerprint density at radius 1 is 1.28 bits per heavy atom. The maximum atomic E-state index is 9.77. The number of hydrogen-bond acceptors (Lipinski definition) is 5. The predicted molar refractivity (Wildman–Crippen MR) is 73.1 cm³/mol. The van der Waals surface area contributed by atoms with Crippen LogP contribution in [-0.4, -0.2) is 34.3 Å². The number of aliphatic hydroxyl groups is 1. The van der Waals surface area contributed by atoms with Gasteiger partial charge in [0.25, 0.3) is 0 Å². The number of nitrogens with zero attached hydrogens (tertiary/aromatic N) is 2. The Morgan fingerprint density at radius 2 is 1.89 bits per heavy atom. The van der Waals surface area contributed by atoms with Crippen LogP contribution >= 0.6 is 0 Å². The first-order chi connectivity index (χ1) is 8.40. The predicted octanol–water partition coefficient (Wildman–Crippen LogP) is 1.89. The molecule has 18 heavy (non-hydrogen) atoms. The lowest BCUT2D eigenvalue weighted by Gasteiger charge is -2.20. The van der Waals surface area contributed by atoms with Crippen LogP contribution in [0.2, 0.25) is 0 Å². The largest absolute Gasteiger partial charge is 0.389 e. The highest BCUT2D eigenvalue weighted by Crippen LogP contribution is 2.39. The average Bonchev–Trinajstić information content (AvgIpc) is 3.10. The monoisotopic (exact) mass is 250 g/mol. The summed E-state index contributed by atoms with van der Waals surface area (Å²) in [6.45, 7) is 6.00. The zero-order valence-electron chi connectivity index (χ0n) is 11.5. The average molecular weight is 250 g/mol. The highest BCUT2D eigenvalue weighted by molar-refractivity contribution is 5.57. The van der Waals surface area contributed by atoms with E-state index in [9.17, 15) is 5.11 Å². The quantitative estimate of drug-likeness (QED) is 0.744. The molecule has 1 aliphatic carbocycles. The maximum Gasteiger partial charge on any atom is 0.136 e. The molecule has 0 aromatic carbocycles. The molecule has 1 heterocycles. The Hall–Kier alpha value is -1.36. The second-order valence-electron chi connectivity index (χ2n) is 5.59. The molecule has 1 saturated carbocycles. The molecule has 0 saturated heterocycles. The summed E-state index contributed by atoms with van der Waals surface area (Å²) in [7, 11) is 1.87. The molecule has 5 nitrogen and oxygen atoms in total. The van der Waals surface area contributed by atoms with Crippen molar-refractivity contribution >= 4 is 11.6 Å². The topological polar surface area (TPSA) is 70.1 Å². The van der Waals surface area contributed by atoms with E-state index in [4.69, 9.17) is 0 Å². The molecule has 1 aliphatic rings. The fourth-order valence-corrected chi connectivity index (χ4v) is 1.77. The standard InChI is InChI=1S/C13H22N4O/c1-8-10(14-4)16-12(9-5-6-9)17-11(8)15-7-13(2,3)18/h9,18H,5-7H2,1-4H3,(H2,14,15,16,17). The van der Waals surface area contributed by atoms with Gasteiger partial charge in [0.05, 0.1) is 5.60 Å². The molecule has 100 valence electrons. The molecule has 0 spiro atoms. The minimum absolute atomic E-state index is 0.470. The lowest BCUT2D eigenvalue weighted by molar-refractivity contribution is 0.0944. The van der Waals surface area contributed by atoms with E-state index in [1.165, 1.54) is 12.8 Å². The molecule has 0 amide bonds. The lowest BCUT2D eigenvalue weighted by atomic mass is 10.1. The van der Waals surface area contributed by atoms with Crippen LogP contribution in [0, 0.1) is 6.92 Å². The van der Waals surface area contributed by atoms with E-state index in [2.05, 4.69) is 20.6 Å². The van der Waals surface area contributed by atoms with E-state index >= 15 is 0 Å². The smallest absolute Gasteiger partial charge is 0.136 e. The van der Waals surface area contributed by atoms with Crippen molar-refractivity contribution < 1.29 is 5.11 Å². The molecule has 0 aliphatic heterocycles. The first kappa shape index (κ1) is 13.1. The van der Waals surface area contributed by atoms with Crippen molar-refractivity contribution in [1.82, 2.24) is 9.97 Å². The molecule has 3 N–H and O–H groups in total. The van der Waals surface area contributed by atoms with E-state index < -0.39 is 5.60 Å². The molecular weight excluding hydrogens is 228 g/mol. The summed E-state index contributed by atoms with van der Waals surface area (Å²) in [5.41, 5.74) is 0.239. The van der Waals surface area contributed by atoms with Crippen molar-refractivity contribution in [3.05, 3.63) is 11.4 Å². The van der Waals surface area contributed by atoms with Crippen LogP contribution in [0.3, 0.4) is 0 Å². The number of aromatic nitrogens is 2. The first-order valence-electron chi connectivity index (χ1n) is 6.43. The minimum Gasteiger partial charge on any atom is -0.389 e. The van der Waals surface area contributed by atoms with Gasteiger partial charge in [0.2, 0.25) is 0 Å². The molecule has 0 bridgehead atoms. The Labute approximate surface area is 108 Å². The highest BCUT2D eigenvalue weighted by Gasteiger charge is 2.28. The van der Waals surface area contributed by atoms with Crippen molar-refractivity contribution in [1.29, 1.82) is 0 Å². The van der Waals surface area contributed by atoms with E-state index in [0.717, 1.165) is 23.0 Å². The molecular formula is C13H22N4O. The van der Waals surface area contributed by atoms with Gasteiger partial charge in [-0.1, -0.05) is 0 Å². The van der Waals surface area contributed by atoms with Crippen molar-refractivity contribution in [2.75, 3.05) is 24.2 Å². The first-order valence-corrected chi connectivity index (χ1v) is 6.43. The minimum atomic E-state index is -0.753. The Morgan fingerprint density at radius 3 is 2.39 bits per heavy atom. The van der Waals surface area contributed by atoms with E-state index in [1.54, 1.807) is 13.8 Å². The maximum absolute atomic E-state index is 9.77. The fourth-order valence-electron chi connectivity index (χ4n) is 1.77. The van der Waals surface area contributed by atoms with Gasteiger partial charge in [-0.15, -0.1) is 0 Å². The molecule has 5 heteroatoms. The van der Waals surface area contributed by atoms with Gasteiger partial charge in [-0.2, -0.15) is 0 Å². The van der Waals surface area contributed by atoms with Gasteiger partial charge in [-0.05, 0) is 33.6 Å². The van der Waals surface area contributed by atoms with Gasteiger partial charge in [0.1, 0.15) is 17.5 Å². The second kappa shape index (κ2) is 4.72. The molecule has 0 atom stereocenters. The van der Waals surface area contributed by atoms with Crippen molar-refractivity contribution in [2.24, 2.45) is 0 Å². The molecule has 1 aromatic heterocycles. The summed E-state index contributed by atoms with van der Waals surface area (Å²) in [5, 5.41) is 16.1. The van der Waals surface area contributed by atoms with Crippen LogP contribution in [0.1, 0.15) is 44.0 Å². The van der Waals surface area contributed by atoms with Crippen LogP contribution in [0.25, 0.3) is 0 Å². The second-order valence-corrected chi connectivity index (χ2v) is 5.59. The van der Waals surface area contributed by atoms with Gasteiger partial charge >= 0.3 is 0 Å². The SMILES string of the molecule is CNc1nc(C2CC2)nc(NCC(C)(C)O)c1C. The summed E-state index contributed by atoms with van der Waals surface area (Å²) in [5.74, 6) is 3.10. The van der Waals surface area contributed by atoms with Gasteiger partial charge in [-0.3, -0.25) is 0 Å². The van der Waals surface area contributed by atoms with Crippen LogP contribution in [0.4, 0.5) is 11.6 Å². The third kappa shape index (κ3) is 3.10. The summed E-state index contributed by atoms with van der Waals surface area (Å²) in [4.78, 5) is 9.11. The lowest BCUT2D eigenvalue weighted by Crippen LogP contribution is -2.30. The Kier molecular flexibility index (Phi) is 3.43. The number of nitrogens with one attached hydrogen (secondary N) is 2. The molecule has 1 aromatic rings. The Bertz CT molecular complexity index is 435. The normalized spacial score (nSPS) is 15.6. The summed E-state index contributed by atoms with van der Waals surface area (Å²) in [6.07, 6.45) is 2.36. The summed E-state index contributed by atoms with van der Waals surface area (Å²) >= 11 is 0. The van der Waals surface area contributed by atoms with Gasteiger partial charge in [0.15, 0.2) is 0 Å². The Balaban J connectivity index is 2.24. The zero-order chi connectivity index (χ0) is 13.3. The van der Waals surface area contributed by atoms with Gasteiger partial charge in [-0.25, -0.2) is 9.97 Å². The number of rotatable bonds is 5. The van der Waals surface area contributed by atoms with Crippen LogP contribution < -0.4 is 10.6 Å². The van der Waals surface area contributed by atoms with Crippen molar-refractivity contribution in [3.63, 3.8) is 0 Å². The summed E-state index contributed by atoms with van der Waals surface area (Å²) < 4.78 is 0. The van der Waals surface area contributed by atoms with Crippen LogP contribution in [-0.2, 0) is 0 Å². The van der Waals surface area contributed by atoms with E-state index in [0.29, 0.717) is 12.5 Å². The number of anilines is 2. The van der Waals surface area contributed by atoms with Crippen molar-refractivity contribution in [3.8, 4) is 0 Å². The molecule has 0 radical (unpaired) electrons. The highest BCUT2D eigenvalue weighted by atomic mass is 16.3. The molecule has 2 rings (SSSR count). The molecule has 1 fully saturated rings.